The topological polar surface area (TPSA) is 160 Å². The van der Waals surface area contributed by atoms with E-state index in [0.29, 0.717) is 18.7 Å². The molecular formula is C22H38N4O9P2S2Si. The van der Waals surface area contributed by atoms with Crippen molar-refractivity contribution < 1.29 is 41.1 Å². The second-order valence-corrected chi connectivity index (χ2v) is 22.0. The highest BCUT2D eigenvalue weighted by atomic mass is 32.7. The summed E-state index contributed by atoms with van der Waals surface area (Å²) in [5, 5.41) is 10.1. The van der Waals surface area contributed by atoms with Crippen LogP contribution in [0.15, 0.2) is 18.6 Å². The van der Waals surface area contributed by atoms with Crippen LogP contribution in [-0.4, -0.2) is 74.6 Å². The monoisotopic (exact) mass is 656 g/mol. The van der Waals surface area contributed by atoms with Gasteiger partial charge >= 0.3 is 13.6 Å². The molecule has 1 aliphatic carbocycles. The van der Waals surface area contributed by atoms with Crippen LogP contribution in [0.3, 0.4) is 0 Å². The molecule has 4 rings (SSSR count). The van der Waals surface area contributed by atoms with Gasteiger partial charge in [0.2, 0.25) is 5.88 Å². The fraction of sp³-hybridized carbons (Fsp3) is 0.773. The molecule has 1 saturated carbocycles. The molecule has 0 amide bonds. The Morgan fingerprint density at radius 3 is 2.48 bits per heavy atom. The lowest BCUT2D eigenvalue weighted by atomic mass is 10.1. The van der Waals surface area contributed by atoms with Crippen LogP contribution in [0, 0.1) is 11.3 Å². The van der Waals surface area contributed by atoms with Crippen LogP contribution < -0.4 is 10.1 Å². The Balaban J connectivity index is 1.59. The van der Waals surface area contributed by atoms with E-state index in [4.69, 9.17) is 37.4 Å². The lowest BCUT2D eigenvalue weighted by Gasteiger charge is -2.40. The lowest BCUT2D eigenvalue weighted by Crippen LogP contribution is -2.51. The number of nitrogens with zero attached hydrogens (tertiary/aromatic N) is 2. The van der Waals surface area contributed by atoms with E-state index in [9.17, 15) is 9.13 Å². The molecule has 226 valence electrons. The van der Waals surface area contributed by atoms with Crippen molar-refractivity contribution in [3.63, 3.8) is 0 Å². The van der Waals surface area contributed by atoms with Gasteiger partial charge in [0.25, 0.3) is 0 Å². The third-order valence-electron chi connectivity index (χ3n) is 7.60. The molecule has 2 saturated heterocycles. The first-order valence-electron chi connectivity index (χ1n) is 12.9. The van der Waals surface area contributed by atoms with Crippen molar-refractivity contribution in [3.8, 4) is 5.88 Å². The van der Waals surface area contributed by atoms with Gasteiger partial charge in [-0.1, -0.05) is 45.3 Å². The van der Waals surface area contributed by atoms with Crippen LogP contribution in [0.25, 0.3) is 0 Å². The summed E-state index contributed by atoms with van der Waals surface area (Å²) in [6, 6.07) is 1.63. The van der Waals surface area contributed by atoms with Crippen LogP contribution in [0.2, 0.25) is 18.1 Å². The standard InChI is InChI=1S/C22H38N4O9P2S2Si/c1-22(2,3)40(4,5)35-19-17-11-30-36(27,38)33-16-9-15(31-18-6-7-24-13-26-18)8-14(16)10-29-37(28,39)34-20(19)21(32-17)25-12-23/h6-7,12-17,19-21H,8-11H2,1-5H3,(H2,23,25)(H,27,38)(H,28,39)/t14-,15-,16+,17+,19?,20-,21-,36?,37?/m1/s1. The molecule has 0 aromatic carbocycles. The molecule has 13 nitrogen and oxygen atoms in total. The number of nitrogens with one attached hydrogen (secondary N) is 2. The van der Waals surface area contributed by atoms with Crippen molar-refractivity contribution in [1.29, 1.82) is 5.41 Å². The predicted octanol–water partition coefficient (Wildman–Crippen LogP) is 4.84. The van der Waals surface area contributed by atoms with Gasteiger partial charge in [-0.3, -0.25) is 19.0 Å². The van der Waals surface area contributed by atoms with Crippen molar-refractivity contribution >= 4 is 52.7 Å². The SMILES string of the molecule is CC(C)(C)[Si](C)(C)OC1[C@@H]2COP(=O)(S)O[C@H]3C[C@H](Oc4ccncn4)C[C@@H]3COP(=O)(S)O[C@H]1[C@H](NC=N)O2. The normalized spacial score (nSPS) is 39.3. The quantitative estimate of drug-likeness (QED) is 0.109. The largest absolute Gasteiger partial charge is 0.474 e. The Morgan fingerprint density at radius 2 is 1.82 bits per heavy atom. The zero-order chi connectivity index (χ0) is 29.3. The zero-order valence-corrected chi connectivity index (χ0v) is 27.6. The van der Waals surface area contributed by atoms with E-state index in [2.05, 4.69) is 73.6 Å². The summed E-state index contributed by atoms with van der Waals surface area (Å²) in [4.78, 5) is 7.97. The maximum Gasteiger partial charge on any atom is 0.386 e. The van der Waals surface area contributed by atoms with Crippen LogP contribution in [-0.2, 0) is 36.4 Å². The number of aromatic nitrogens is 2. The van der Waals surface area contributed by atoms with Crippen molar-refractivity contribution in [2.45, 2.75) is 88.5 Å². The van der Waals surface area contributed by atoms with Crippen LogP contribution >= 0.6 is 38.1 Å². The Kier molecular flexibility index (Phi) is 10.2. The first-order valence-corrected chi connectivity index (χ1v) is 21.2. The smallest absolute Gasteiger partial charge is 0.386 e. The molecule has 1 aromatic heterocycles. The van der Waals surface area contributed by atoms with Gasteiger partial charge in [0.05, 0.1) is 25.7 Å². The Morgan fingerprint density at radius 1 is 1.12 bits per heavy atom. The third kappa shape index (κ3) is 8.10. The predicted molar refractivity (Wildman–Crippen MR) is 157 cm³/mol. The Labute approximate surface area is 246 Å². The van der Waals surface area contributed by atoms with Crippen molar-refractivity contribution in [1.82, 2.24) is 15.3 Å². The van der Waals surface area contributed by atoms with Gasteiger partial charge in [-0.15, -0.1) is 0 Å². The van der Waals surface area contributed by atoms with Crippen molar-refractivity contribution in [3.05, 3.63) is 18.6 Å². The van der Waals surface area contributed by atoms with E-state index in [1.807, 2.05) is 0 Å². The summed E-state index contributed by atoms with van der Waals surface area (Å²) in [6.07, 6.45) is 0.120. The second kappa shape index (κ2) is 12.6. The van der Waals surface area contributed by atoms with Gasteiger partial charge in [-0.2, -0.15) is 0 Å². The molecule has 3 unspecified atom stereocenters. The molecule has 0 spiro atoms. The number of ether oxygens (including phenoxy) is 2. The minimum absolute atomic E-state index is 0.0870. The summed E-state index contributed by atoms with van der Waals surface area (Å²) < 4.78 is 68.9. The van der Waals surface area contributed by atoms with E-state index in [0.717, 1.165) is 6.34 Å². The summed E-state index contributed by atoms with van der Waals surface area (Å²) in [6.45, 7) is 2.16. The van der Waals surface area contributed by atoms with Gasteiger partial charge in [-0.25, -0.2) is 19.1 Å². The van der Waals surface area contributed by atoms with Gasteiger partial charge in [0.1, 0.15) is 30.7 Å². The molecule has 2 bridgehead atoms. The molecule has 40 heavy (non-hydrogen) atoms. The molecule has 9 atom stereocenters. The summed E-state index contributed by atoms with van der Waals surface area (Å²) >= 11 is 8.50. The Hall–Kier alpha value is -0.513. The molecule has 2 aliphatic heterocycles. The minimum atomic E-state index is -3.98. The highest BCUT2D eigenvalue weighted by molar-refractivity contribution is 8.44. The summed E-state index contributed by atoms with van der Waals surface area (Å²) in [5.74, 6) is -0.00146. The third-order valence-corrected chi connectivity index (χ3v) is 15.3. The molecule has 1 aromatic rings. The average Bonchev–Trinajstić information content (AvgIpc) is 3.35. The molecule has 18 heteroatoms. The molecule has 3 aliphatic rings. The van der Waals surface area contributed by atoms with Gasteiger partial charge in [0, 0.05) is 24.6 Å². The first kappa shape index (κ1) is 32.4. The molecule has 3 fully saturated rings. The van der Waals surface area contributed by atoms with Crippen LogP contribution in [0.4, 0.5) is 0 Å². The fourth-order valence-corrected chi connectivity index (χ4v) is 8.94. The van der Waals surface area contributed by atoms with E-state index in [1.165, 1.54) is 6.33 Å². The maximum atomic E-state index is 13.5. The lowest BCUT2D eigenvalue weighted by molar-refractivity contribution is -0.0229. The van der Waals surface area contributed by atoms with Crippen LogP contribution in [0.5, 0.6) is 5.88 Å². The van der Waals surface area contributed by atoms with E-state index in [1.54, 1.807) is 12.3 Å². The zero-order valence-electron chi connectivity index (χ0n) is 23.0. The highest BCUT2D eigenvalue weighted by Crippen LogP contribution is 2.60. The Bertz CT molecular complexity index is 1140. The molecule has 3 heterocycles. The number of thiol groups is 2. The second-order valence-electron chi connectivity index (χ2n) is 11.5. The highest BCUT2D eigenvalue weighted by Gasteiger charge is 2.54. The van der Waals surface area contributed by atoms with Crippen molar-refractivity contribution in [2.75, 3.05) is 13.2 Å². The van der Waals surface area contributed by atoms with Gasteiger partial charge in [0.15, 0.2) is 14.5 Å². The number of rotatable bonds is 6. The number of hydrogen-bond donors (Lipinski definition) is 4. The number of fused-ring (bicyclic) bond motifs is 3. The van der Waals surface area contributed by atoms with Crippen molar-refractivity contribution in [2.24, 2.45) is 5.92 Å². The first-order chi connectivity index (χ1) is 18.6. The fourth-order valence-electron chi connectivity index (χ4n) is 4.55. The number of hydrogen-bond acceptors (Lipinski definition) is 12. The minimum Gasteiger partial charge on any atom is -0.474 e. The molecule has 2 N–H and O–H groups in total. The van der Waals surface area contributed by atoms with Gasteiger partial charge in [-0.05, 0) is 24.6 Å². The summed E-state index contributed by atoms with van der Waals surface area (Å²) in [5.41, 5.74) is 0. The maximum absolute atomic E-state index is 13.5. The van der Waals surface area contributed by atoms with Gasteiger partial charge < -0.3 is 23.7 Å². The van der Waals surface area contributed by atoms with E-state index in [-0.39, 0.29) is 30.3 Å². The van der Waals surface area contributed by atoms with Crippen LogP contribution in [0.1, 0.15) is 33.6 Å². The summed E-state index contributed by atoms with van der Waals surface area (Å²) in [7, 11) is -2.43. The molecular weight excluding hydrogens is 618 g/mol. The van der Waals surface area contributed by atoms with E-state index >= 15 is 0 Å². The average molecular weight is 657 g/mol. The molecule has 0 radical (unpaired) electrons. The van der Waals surface area contributed by atoms with E-state index < -0.39 is 52.6 Å².